The van der Waals surface area contributed by atoms with E-state index in [0.29, 0.717) is 13.0 Å². The van der Waals surface area contributed by atoms with Gasteiger partial charge in [-0.1, -0.05) is 54.9 Å². The Labute approximate surface area is 149 Å². The largest absolute Gasteiger partial charge is 0.480 e. The first-order chi connectivity index (χ1) is 11.6. The third-order valence-electron chi connectivity index (χ3n) is 3.91. The van der Waals surface area contributed by atoms with E-state index in [9.17, 15) is 4.79 Å². The zero-order valence-electron chi connectivity index (χ0n) is 14.2. The maximum atomic E-state index is 12.3. The second-order valence-electron chi connectivity index (χ2n) is 5.77. The van der Waals surface area contributed by atoms with Crippen LogP contribution in [-0.2, 0) is 11.2 Å². The van der Waals surface area contributed by atoms with Crippen LogP contribution in [-0.4, -0.2) is 18.6 Å². The standard InChI is InChI=1S/C20H24ClNO2/c1-3-18(24-19-13-7-4-9-15(19)2)20(23)22-14-8-11-16-10-5-6-12-17(16)21/h4-7,9-10,12-13,18H,3,8,11,14H2,1-2H3,(H,22,23)/t18-/m1/s1. The average molecular weight is 346 g/mol. The zero-order valence-corrected chi connectivity index (χ0v) is 15.0. The van der Waals surface area contributed by atoms with Crippen LogP contribution in [0, 0.1) is 6.92 Å². The Morgan fingerprint density at radius 2 is 1.88 bits per heavy atom. The van der Waals surface area contributed by atoms with Gasteiger partial charge in [0.1, 0.15) is 5.75 Å². The average Bonchev–Trinajstić information content (AvgIpc) is 2.59. The summed E-state index contributed by atoms with van der Waals surface area (Å²) in [6.07, 6.45) is 1.85. The van der Waals surface area contributed by atoms with E-state index >= 15 is 0 Å². The predicted molar refractivity (Wildman–Crippen MR) is 98.7 cm³/mol. The molecule has 0 unspecified atom stereocenters. The molecule has 0 heterocycles. The van der Waals surface area contributed by atoms with Crippen molar-refractivity contribution in [1.29, 1.82) is 0 Å². The van der Waals surface area contributed by atoms with E-state index in [2.05, 4.69) is 5.32 Å². The van der Waals surface area contributed by atoms with E-state index in [-0.39, 0.29) is 5.91 Å². The van der Waals surface area contributed by atoms with Crippen LogP contribution in [0.3, 0.4) is 0 Å². The smallest absolute Gasteiger partial charge is 0.261 e. The molecule has 0 radical (unpaired) electrons. The number of hydrogen-bond donors (Lipinski definition) is 1. The topological polar surface area (TPSA) is 38.3 Å². The molecule has 1 atom stereocenters. The lowest BCUT2D eigenvalue weighted by Gasteiger charge is -2.18. The minimum absolute atomic E-state index is 0.0695. The summed E-state index contributed by atoms with van der Waals surface area (Å²) in [5, 5.41) is 3.73. The minimum Gasteiger partial charge on any atom is -0.480 e. The molecule has 3 nitrogen and oxygen atoms in total. The van der Waals surface area contributed by atoms with Gasteiger partial charge in [-0.3, -0.25) is 4.79 Å². The fraction of sp³-hybridized carbons (Fsp3) is 0.350. The number of carbonyl (C=O) groups is 1. The van der Waals surface area contributed by atoms with Gasteiger partial charge in [0.25, 0.3) is 5.91 Å². The van der Waals surface area contributed by atoms with Crippen LogP contribution < -0.4 is 10.1 Å². The number of para-hydroxylation sites is 1. The molecule has 0 aromatic heterocycles. The van der Waals surface area contributed by atoms with E-state index in [1.54, 1.807) is 0 Å². The fourth-order valence-electron chi connectivity index (χ4n) is 2.47. The van der Waals surface area contributed by atoms with E-state index in [0.717, 1.165) is 34.7 Å². The Morgan fingerprint density at radius 3 is 2.58 bits per heavy atom. The normalized spacial score (nSPS) is 11.8. The molecule has 0 saturated heterocycles. The molecule has 24 heavy (non-hydrogen) atoms. The molecule has 0 aliphatic heterocycles. The molecule has 0 bridgehead atoms. The van der Waals surface area contributed by atoms with Gasteiger partial charge >= 0.3 is 0 Å². The van der Waals surface area contributed by atoms with Gasteiger partial charge in [0.15, 0.2) is 6.10 Å². The van der Waals surface area contributed by atoms with Crippen molar-refractivity contribution in [2.75, 3.05) is 6.54 Å². The molecule has 4 heteroatoms. The molecule has 1 N–H and O–H groups in total. The maximum absolute atomic E-state index is 12.3. The third-order valence-corrected chi connectivity index (χ3v) is 4.27. The number of rotatable bonds is 8. The molecule has 128 valence electrons. The van der Waals surface area contributed by atoms with Crippen molar-refractivity contribution in [3.8, 4) is 5.75 Å². The van der Waals surface area contributed by atoms with Crippen molar-refractivity contribution in [3.05, 3.63) is 64.7 Å². The Kier molecular flexibility index (Phi) is 7.13. The summed E-state index contributed by atoms with van der Waals surface area (Å²) >= 11 is 6.14. The van der Waals surface area contributed by atoms with Crippen LogP contribution in [0.2, 0.25) is 5.02 Å². The third kappa shape index (κ3) is 5.27. The summed E-state index contributed by atoms with van der Waals surface area (Å²) in [5.74, 6) is 0.690. The van der Waals surface area contributed by atoms with Crippen LogP contribution in [0.25, 0.3) is 0 Å². The number of nitrogens with one attached hydrogen (secondary N) is 1. The molecule has 2 aromatic rings. The summed E-state index contributed by atoms with van der Waals surface area (Å²) in [4.78, 5) is 12.3. The highest BCUT2D eigenvalue weighted by molar-refractivity contribution is 6.31. The quantitative estimate of drug-likeness (QED) is 0.712. The number of benzene rings is 2. The molecule has 0 spiro atoms. The number of carbonyl (C=O) groups excluding carboxylic acids is 1. The molecule has 2 rings (SSSR count). The van der Waals surface area contributed by atoms with Gasteiger partial charge in [-0.15, -0.1) is 0 Å². The van der Waals surface area contributed by atoms with Gasteiger partial charge in [-0.2, -0.15) is 0 Å². The Morgan fingerprint density at radius 1 is 1.17 bits per heavy atom. The highest BCUT2D eigenvalue weighted by atomic mass is 35.5. The zero-order chi connectivity index (χ0) is 17.4. The molecule has 0 fully saturated rings. The molecule has 1 amide bonds. The van der Waals surface area contributed by atoms with E-state index in [1.807, 2.05) is 62.4 Å². The van der Waals surface area contributed by atoms with E-state index in [4.69, 9.17) is 16.3 Å². The van der Waals surface area contributed by atoms with Gasteiger partial charge < -0.3 is 10.1 Å². The first-order valence-corrected chi connectivity index (χ1v) is 8.73. The second kappa shape index (κ2) is 9.33. The van der Waals surface area contributed by atoms with E-state index < -0.39 is 6.10 Å². The van der Waals surface area contributed by atoms with Gasteiger partial charge in [-0.25, -0.2) is 0 Å². The number of amides is 1. The van der Waals surface area contributed by atoms with Crippen LogP contribution in [0.15, 0.2) is 48.5 Å². The molecular weight excluding hydrogens is 322 g/mol. The fourth-order valence-corrected chi connectivity index (χ4v) is 2.70. The van der Waals surface area contributed by atoms with Gasteiger partial charge in [-0.05, 0) is 49.4 Å². The summed E-state index contributed by atoms with van der Waals surface area (Å²) in [6, 6.07) is 15.5. The molecule has 2 aromatic carbocycles. The van der Waals surface area contributed by atoms with E-state index in [1.165, 1.54) is 0 Å². The first kappa shape index (κ1) is 18.3. The highest BCUT2D eigenvalue weighted by Crippen LogP contribution is 2.19. The van der Waals surface area contributed by atoms with Crippen LogP contribution >= 0.6 is 11.6 Å². The van der Waals surface area contributed by atoms with Crippen molar-refractivity contribution < 1.29 is 9.53 Å². The van der Waals surface area contributed by atoms with Crippen molar-refractivity contribution >= 4 is 17.5 Å². The monoisotopic (exact) mass is 345 g/mol. The number of hydrogen-bond acceptors (Lipinski definition) is 2. The Bertz CT molecular complexity index is 672. The van der Waals surface area contributed by atoms with Gasteiger partial charge in [0.05, 0.1) is 0 Å². The summed E-state index contributed by atoms with van der Waals surface area (Å²) in [5.41, 5.74) is 2.14. The maximum Gasteiger partial charge on any atom is 0.261 e. The van der Waals surface area contributed by atoms with Crippen LogP contribution in [0.5, 0.6) is 5.75 Å². The van der Waals surface area contributed by atoms with Crippen molar-refractivity contribution in [3.63, 3.8) is 0 Å². The highest BCUT2D eigenvalue weighted by Gasteiger charge is 2.18. The predicted octanol–water partition coefficient (Wildman–Crippen LogP) is 4.55. The van der Waals surface area contributed by atoms with Crippen LogP contribution in [0.4, 0.5) is 0 Å². The summed E-state index contributed by atoms with van der Waals surface area (Å²) in [7, 11) is 0. The lowest BCUT2D eigenvalue weighted by Crippen LogP contribution is -2.38. The van der Waals surface area contributed by atoms with Crippen molar-refractivity contribution in [1.82, 2.24) is 5.32 Å². The lowest BCUT2D eigenvalue weighted by atomic mass is 10.1. The summed E-state index contributed by atoms with van der Waals surface area (Å²) < 4.78 is 5.86. The van der Waals surface area contributed by atoms with Crippen molar-refractivity contribution in [2.24, 2.45) is 0 Å². The number of ether oxygens (including phenoxy) is 1. The first-order valence-electron chi connectivity index (χ1n) is 8.35. The Hall–Kier alpha value is -2.00. The second-order valence-corrected chi connectivity index (χ2v) is 6.17. The SMILES string of the molecule is CC[C@@H](Oc1ccccc1C)C(=O)NCCCc1ccccc1Cl. The van der Waals surface area contributed by atoms with Gasteiger partial charge in [0.2, 0.25) is 0 Å². The molecular formula is C20H24ClNO2. The Balaban J connectivity index is 1.80. The molecule has 0 aliphatic rings. The molecule has 0 saturated carbocycles. The minimum atomic E-state index is -0.466. The molecule has 0 aliphatic carbocycles. The summed E-state index contributed by atoms with van der Waals surface area (Å²) in [6.45, 7) is 4.54. The number of aryl methyl sites for hydroxylation is 2. The van der Waals surface area contributed by atoms with Gasteiger partial charge in [0, 0.05) is 11.6 Å². The van der Waals surface area contributed by atoms with Crippen molar-refractivity contribution in [2.45, 2.75) is 39.2 Å². The van der Waals surface area contributed by atoms with Crippen LogP contribution in [0.1, 0.15) is 30.9 Å². The lowest BCUT2D eigenvalue weighted by molar-refractivity contribution is -0.128. The number of halogens is 1.